The molecule has 0 aliphatic carbocycles. The molecule has 0 unspecified atom stereocenters. The Labute approximate surface area is 187 Å². The van der Waals surface area contributed by atoms with Crippen LogP contribution in [0.4, 0.5) is 0 Å². The van der Waals surface area contributed by atoms with E-state index < -0.39 is 0 Å². The van der Waals surface area contributed by atoms with Gasteiger partial charge in [0.2, 0.25) is 0 Å². The average molecular weight is 437 g/mol. The topological polar surface area (TPSA) is 88.4 Å². The maximum Gasteiger partial charge on any atom is 0.170 e. The fourth-order valence-corrected chi connectivity index (χ4v) is 3.34. The quantitative estimate of drug-likeness (QED) is 0.382. The van der Waals surface area contributed by atoms with E-state index >= 15 is 0 Å². The normalized spacial score (nSPS) is 11.3. The predicted molar refractivity (Wildman–Crippen MR) is 125 cm³/mol. The zero-order valence-corrected chi connectivity index (χ0v) is 18.7. The second-order valence-electron chi connectivity index (χ2n) is 7.33. The molecule has 0 radical (unpaired) electrons. The highest BCUT2D eigenvalue weighted by molar-refractivity contribution is 5.88. The zero-order chi connectivity index (χ0) is 23.3. The Morgan fingerprint density at radius 1 is 0.875 bits per heavy atom. The second kappa shape index (κ2) is 10.0. The lowest BCUT2D eigenvalue weighted by Gasteiger charge is -2.18. The SMILES string of the molecule is CCC(C)=CCOc1ccc(-c2c(OC)cc(-c3ccc(O)cc3)c(OC)c2O)cc1O. The Hall–Kier alpha value is -3.80. The maximum atomic E-state index is 11.1. The molecule has 0 aliphatic heterocycles. The van der Waals surface area contributed by atoms with Crippen molar-refractivity contribution in [3.63, 3.8) is 0 Å². The molecule has 32 heavy (non-hydrogen) atoms. The lowest BCUT2D eigenvalue weighted by Crippen LogP contribution is -1.97. The summed E-state index contributed by atoms with van der Waals surface area (Å²) < 4.78 is 16.7. The number of benzene rings is 3. The molecule has 3 rings (SSSR count). The van der Waals surface area contributed by atoms with Crippen molar-refractivity contribution in [1.29, 1.82) is 0 Å². The van der Waals surface area contributed by atoms with Gasteiger partial charge < -0.3 is 29.5 Å². The molecule has 3 N–H and O–H groups in total. The van der Waals surface area contributed by atoms with Gasteiger partial charge in [-0.3, -0.25) is 0 Å². The molecule has 0 spiro atoms. The molecule has 0 amide bonds. The largest absolute Gasteiger partial charge is 0.508 e. The summed E-state index contributed by atoms with van der Waals surface area (Å²) in [6.07, 6.45) is 2.91. The van der Waals surface area contributed by atoms with Gasteiger partial charge in [0.25, 0.3) is 0 Å². The lowest BCUT2D eigenvalue weighted by molar-refractivity contribution is 0.335. The van der Waals surface area contributed by atoms with E-state index in [1.807, 2.05) is 13.0 Å². The molecule has 3 aromatic carbocycles. The molecule has 0 saturated heterocycles. The van der Waals surface area contributed by atoms with E-state index in [0.29, 0.717) is 34.8 Å². The van der Waals surface area contributed by atoms with Gasteiger partial charge in [-0.15, -0.1) is 0 Å². The first kappa shape index (κ1) is 22.9. The van der Waals surface area contributed by atoms with Crippen LogP contribution < -0.4 is 14.2 Å². The number of ether oxygens (including phenoxy) is 3. The summed E-state index contributed by atoms with van der Waals surface area (Å²) in [6, 6.07) is 13.2. The molecule has 0 heterocycles. The minimum atomic E-state index is -0.121. The fourth-order valence-electron chi connectivity index (χ4n) is 3.34. The molecule has 0 atom stereocenters. The summed E-state index contributed by atoms with van der Waals surface area (Å²) in [4.78, 5) is 0. The summed E-state index contributed by atoms with van der Waals surface area (Å²) in [5.74, 6) is 0.976. The Morgan fingerprint density at radius 3 is 2.16 bits per heavy atom. The number of allylic oxidation sites excluding steroid dienone is 1. The van der Waals surface area contributed by atoms with Gasteiger partial charge >= 0.3 is 0 Å². The lowest BCUT2D eigenvalue weighted by atomic mass is 9.96. The smallest absolute Gasteiger partial charge is 0.170 e. The highest BCUT2D eigenvalue weighted by atomic mass is 16.5. The highest BCUT2D eigenvalue weighted by Gasteiger charge is 2.22. The van der Waals surface area contributed by atoms with E-state index in [4.69, 9.17) is 14.2 Å². The number of methoxy groups -OCH3 is 2. The van der Waals surface area contributed by atoms with Gasteiger partial charge in [-0.25, -0.2) is 0 Å². The van der Waals surface area contributed by atoms with Crippen molar-refractivity contribution >= 4 is 0 Å². The first-order chi connectivity index (χ1) is 15.4. The van der Waals surface area contributed by atoms with Crippen molar-refractivity contribution in [2.24, 2.45) is 0 Å². The molecule has 0 saturated carbocycles. The van der Waals surface area contributed by atoms with Crippen LogP contribution in [0.1, 0.15) is 20.3 Å². The Balaban J connectivity index is 2.04. The van der Waals surface area contributed by atoms with E-state index in [-0.39, 0.29) is 23.0 Å². The second-order valence-corrected chi connectivity index (χ2v) is 7.33. The van der Waals surface area contributed by atoms with E-state index in [0.717, 1.165) is 12.0 Å². The van der Waals surface area contributed by atoms with Gasteiger partial charge in [-0.1, -0.05) is 30.7 Å². The van der Waals surface area contributed by atoms with Gasteiger partial charge in [0.15, 0.2) is 23.0 Å². The molecule has 0 fully saturated rings. The molecular formula is C26H28O6. The van der Waals surface area contributed by atoms with Gasteiger partial charge in [0.1, 0.15) is 18.1 Å². The number of hydrogen-bond acceptors (Lipinski definition) is 6. The summed E-state index contributed by atoms with van der Waals surface area (Å²) >= 11 is 0. The minimum absolute atomic E-state index is 0.0481. The van der Waals surface area contributed by atoms with Crippen LogP contribution >= 0.6 is 0 Å². The van der Waals surface area contributed by atoms with Crippen LogP contribution in [-0.4, -0.2) is 36.1 Å². The van der Waals surface area contributed by atoms with Gasteiger partial charge in [0.05, 0.1) is 19.8 Å². The number of phenols is 3. The predicted octanol–water partition coefficient (Wildman–Crippen LogP) is 5.89. The first-order valence-electron chi connectivity index (χ1n) is 10.3. The van der Waals surface area contributed by atoms with Crippen molar-refractivity contribution in [1.82, 2.24) is 0 Å². The number of rotatable bonds is 8. The fraction of sp³-hybridized carbons (Fsp3) is 0.231. The van der Waals surface area contributed by atoms with Crippen LogP contribution in [0.2, 0.25) is 0 Å². The van der Waals surface area contributed by atoms with Crippen LogP contribution in [0.25, 0.3) is 22.3 Å². The number of aromatic hydroxyl groups is 3. The molecule has 3 aromatic rings. The van der Waals surface area contributed by atoms with Crippen LogP contribution in [0.3, 0.4) is 0 Å². The molecule has 6 heteroatoms. The van der Waals surface area contributed by atoms with E-state index in [2.05, 4.69) is 6.92 Å². The minimum Gasteiger partial charge on any atom is -0.508 e. The van der Waals surface area contributed by atoms with E-state index in [1.165, 1.54) is 25.9 Å². The zero-order valence-electron chi connectivity index (χ0n) is 18.7. The summed E-state index contributed by atoms with van der Waals surface area (Å²) in [6.45, 7) is 4.45. The number of hydrogen-bond donors (Lipinski definition) is 3. The van der Waals surface area contributed by atoms with Crippen LogP contribution in [0.15, 0.2) is 60.2 Å². The number of phenolic OH excluding ortho intramolecular Hbond substituents is 3. The van der Waals surface area contributed by atoms with Crippen molar-refractivity contribution in [3.8, 4) is 56.8 Å². The van der Waals surface area contributed by atoms with Crippen molar-refractivity contribution in [3.05, 3.63) is 60.2 Å². The van der Waals surface area contributed by atoms with Gasteiger partial charge in [-0.05, 0) is 60.9 Å². The first-order valence-corrected chi connectivity index (χ1v) is 10.3. The molecule has 0 bridgehead atoms. The highest BCUT2D eigenvalue weighted by Crippen LogP contribution is 2.50. The monoisotopic (exact) mass is 436 g/mol. The van der Waals surface area contributed by atoms with Crippen molar-refractivity contribution in [2.75, 3.05) is 20.8 Å². The van der Waals surface area contributed by atoms with Crippen LogP contribution in [-0.2, 0) is 0 Å². The molecular weight excluding hydrogens is 408 g/mol. The van der Waals surface area contributed by atoms with Crippen molar-refractivity contribution < 1.29 is 29.5 Å². The van der Waals surface area contributed by atoms with Gasteiger partial charge in [-0.2, -0.15) is 0 Å². The van der Waals surface area contributed by atoms with Crippen LogP contribution in [0.5, 0.6) is 34.5 Å². The third kappa shape index (κ3) is 4.75. The molecule has 0 aliphatic rings. The molecule has 0 aromatic heterocycles. The summed E-state index contributed by atoms with van der Waals surface area (Å²) in [7, 11) is 2.97. The Morgan fingerprint density at radius 2 is 1.56 bits per heavy atom. The Bertz CT molecular complexity index is 1120. The third-order valence-corrected chi connectivity index (χ3v) is 5.30. The average Bonchev–Trinajstić information content (AvgIpc) is 2.79. The third-order valence-electron chi connectivity index (χ3n) is 5.30. The summed E-state index contributed by atoms with van der Waals surface area (Å²) in [5, 5.41) is 31.1. The molecule has 168 valence electrons. The maximum absolute atomic E-state index is 11.1. The molecule has 6 nitrogen and oxygen atoms in total. The van der Waals surface area contributed by atoms with Crippen LogP contribution in [0, 0.1) is 0 Å². The van der Waals surface area contributed by atoms with E-state index in [9.17, 15) is 15.3 Å². The van der Waals surface area contributed by atoms with E-state index in [1.54, 1.807) is 42.5 Å². The van der Waals surface area contributed by atoms with Crippen molar-refractivity contribution in [2.45, 2.75) is 20.3 Å². The summed E-state index contributed by atoms with van der Waals surface area (Å²) in [5.41, 5.74) is 3.47. The van der Waals surface area contributed by atoms with Gasteiger partial charge in [0, 0.05) is 5.56 Å². The Kier molecular flexibility index (Phi) is 7.15. The standard InChI is InChI=1S/C26H28O6/c1-5-16(2)12-13-32-22-11-8-18(14-21(22)28)24-23(30-3)15-20(26(31-4)25(24)29)17-6-9-19(27)10-7-17/h6-12,14-15,27-29H,5,13H2,1-4H3.